The number of halogens is 3. The van der Waals surface area contributed by atoms with Crippen LogP contribution in [-0.4, -0.2) is 18.2 Å². The lowest BCUT2D eigenvalue weighted by molar-refractivity contribution is 0.0543. The van der Waals surface area contributed by atoms with Crippen molar-refractivity contribution < 1.29 is 14.0 Å². The Labute approximate surface area is 172 Å². The van der Waals surface area contributed by atoms with Gasteiger partial charge >= 0.3 is 0 Å². The highest BCUT2D eigenvalue weighted by molar-refractivity contribution is 6.35. The first-order valence-corrected chi connectivity index (χ1v) is 9.21. The molecular formula is C21H17Cl2FN2O2. The zero-order valence-electron chi connectivity index (χ0n) is 14.7. The highest BCUT2D eigenvalue weighted by atomic mass is 35.5. The van der Waals surface area contributed by atoms with Gasteiger partial charge in [0, 0.05) is 23.0 Å². The molecule has 144 valence electrons. The maximum atomic E-state index is 12.9. The van der Waals surface area contributed by atoms with Gasteiger partial charge in [0.2, 0.25) is 0 Å². The molecule has 0 saturated heterocycles. The normalized spacial score (nSPS) is 11.3. The van der Waals surface area contributed by atoms with Gasteiger partial charge in [0.1, 0.15) is 24.8 Å². The Bertz CT molecular complexity index is 935. The Morgan fingerprint density at radius 2 is 1.89 bits per heavy atom. The van der Waals surface area contributed by atoms with Crippen LogP contribution < -0.4 is 10.2 Å². The highest BCUT2D eigenvalue weighted by Crippen LogP contribution is 2.27. The first-order valence-electron chi connectivity index (χ1n) is 8.45. The summed E-state index contributed by atoms with van der Waals surface area (Å²) < 4.78 is 18.4. The van der Waals surface area contributed by atoms with Crippen molar-refractivity contribution in [3.05, 3.63) is 94.0 Å². The van der Waals surface area contributed by atoms with Crippen molar-refractivity contribution in [2.24, 2.45) is 0 Å². The van der Waals surface area contributed by atoms with Crippen LogP contribution in [0.3, 0.4) is 0 Å². The minimum absolute atomic E-state index is 0.257. The number of aromatic nitrogens is 1. The molecule has 1 aromatic heterocycles. The predicted octanol–water partition coefficient (Wildman–Crippen LogP) is 5.63. The maximum absolute atomic E-state index is 12.9. The van der Waals surface area contributed by atoms with Crippen molar-refractivity contribution in [3.63, 3.8) is 0 Å². The molecule has 0 aliphatic carbocycles. The minimum Gasteiger partial charge on any atom is -0.491 e. The summed E-state index contributed by atoms with van der Waals surface area (Å²) in [5.41, 5.74) is 5.16. The van der Waals surface area contributed by atoms with E-state index >= 15 is 0 Å². The monoisotopic (exact) mass is 418 g/mol. The largest absolute Gasteiger partial charge is 0.491 e. The third-order valence-electron chi connectivity index (χ3n) is 3.67. The third kappa shape index (κ3) is 5.96. The minimum atomic E-state index is -0.310. The Morgan fingerprint density at radius 3 is 2.61 bits per heavy atom. The SMILES string of the molecule is Fc1ccc(OCCONC(=Cc2cccnc2)c2ccc(Cl)cc2Cl)cc1. The zero-order valence-corrected chi connectivity index (χ0v) is 16.3. The van der Waals surface area contributed by atoms with Crippen LogP contribution >= 0.6 is 23.2 Å². The highest BCUT2D eigenvalue weighted by Gasteiger charge is 2.08. The van der Waals surface area contributed by atoms with Crippen molar-refractivity contribution >= 4 is 35.0 Å². The Hall–Kier alpha value is -2.60. The summed E-state index contributed by atoms with van der Waals surface area (Å²) in [6.07, 6.45) is 5.29. The molecule has 3 aromatic rings. The number of rotatable bonds is 8. The van der Waals surface area contributed by atoms with E-state index in [0.717, 1.165) is 11.1 Å². The molecule has 0 amide bonds. The topological polar surface area (TPSA) is 43.4 Å². The van der Waals surface area contributed by atoms with Crippen LogP contribution in [0.15, 0.2) is 67.0 Å². The van der Waals surface area contributed by atoms with Gasteiger partial charge in [-0.15, -0.1) is 0 Å². The van der Waals surface area contributed by atoms with Gasteiger partial charge in [-0.3, -0.25) is 15.3 Å². The average molecular weight is 419 g/mol. The van der Waals surface area contributed by atoms with Crippen molar-refractivity contribution in [2.45, 2.75) is 0 Å². The average Bonchev–Trinajstić information content (AvgIpc) is 2.69. The summed E-state index contributed by atoms with van der Waals surface area (Å²) >= 11 is 12.3. The van der Waals surface area contributed by atoms with Crippen molar-refractivity contribution in [1.29, 1.82) is 0 Å². The first kappa shape index (κ1) is 20.1. The Kier molecular flexibility index (Phi) is 7.25. The van der Waals surface area contributed by atoms with Gasteiger partial charge in [0.25, 0.3) is 0 Å². The molecule has 0 radical (unpaired) electrons. The van der Waals surface area contributed by atoms with E-state index in [-0.39, 0.29) is 19.0 Å². The lowest BCUT2D eigenvalue weighted by Gasteiger charge is -2.14. The lowest BCUT2D eigenvalue weighted by Crippen LogP contribution is -2.18. The molecule has 3 rings (SSSR count). The molecule has 28 heavy (non-hydrogen) atoms. The summed E-state index contributed by atoms with van der Waals surface area (Å²) in [6, 6.07) is 14.8. The van der Waals surface area contributed by atoms with Gasteiger partial charge in [-0.2, -0.15) is 0 Å². The molecule has 0 fully saturated rings. The number of pyridine rings is 1. The number of hydrogen-bond acceptors (Lipinski definition) is 4. The molecule has 1 heterocycles. The van der Waals surface area contributed by atoms with Gasteiger partial charge in [-0.25, -0.2) is 4.39 Å². The summed E-state index contributed by atoms with van der Waals surface area (Å²) in [6.45, 7) is 0.542. The number of nitrogens with one attached hydrogen (secondary N) is 1. The van der Waals surface area contributed by atoms with Gasteiger partial charge in [-0.1, -0.05) is 29.3 Å². The second-order valence-corrected chi connectivity index (χ2v) is 6.57. The maximum Gasteiger partial charge on any atom is 0.123 e. The van der Waals surface area contributed by atoms with Crippen LogP contribution in [-0.2, 0) is 4.84 Å². The quantitative estimate of drug-likeness (QED) is 0.380. The Balaban J connectivity index is 1.64. The molecule has 0 aliphatic rings. The summed E-state index contributed by atoms with van der Waals surface area (Å²) in [5, 5.41) is 1.03. The van der Waals surface area contributed by atoms with Crippen LogP contribution in [0.2, 0.25) is 10.0 Å². The second-order valence-electron chi connectivity index (χ2n) is 5.72. The number of hydroxylamine groups is 1. The molecule has 0 spiro atoms. The fourth-order valence-electron chi connectivity index (χ4n) is 2.36. The van der Waals surface area contributed by atoms with Crippen LogP contribution in [0.25, 0.3) is 11.8 Å². The van der Waals surface area contributed by atoms with Crippen LogP contribution in [0.1, 0.15) is 11.1 Å². The molecule has 0 saturated carbocycles. The van der Waals surface area contributed by atoms with E-state index in [0.29, 0.717) is 21.5 Å². The van der Waals surface area contributed by atoms with Crippen LogP contribution in [0.4, 0.5) is 4.39 Å². The lowest BCUT2D eigenvalue weighted by atomic mass is 10.1. The summed E-state index contributed by atoms with van der Waals surface area (Å²) in [5.74, 6) is 0.257. The fraction of sp³-hybridized carbons (Fsp3) is 0.0952. The van der Waals surface area contributed by atoms with Crippen LogP contribution in [0, 0.1) is 5.82 Å². The van der Waals surface area contributed by atoms with E-state index in [4.69, 9.17) is 32.8 Å². The van der Waals surface area contributed by atoms with E-state index in [1.807, 2.05) is 18.2 Å². The van der Waals surface area contributed by atoms with Crippen molar-refractivity contribution in [1.82, 2.24) is 10.5 Å². The van der Waals surface area contributed by atoms with E-state index in [9.17, 15) is 4.39 Å². The fourth-order valence-corrected chi connectivity index (χ4v) is 2.87. The van der Waals surface area contributed by atoms with E-state index in [2.05, 4.69) is 10.5 Å². The first-order chi connectivity index (χ1) is 13.6. The smallest absolute Gasteiger partial charge is 0.123 e. The molecule has 0 atom stereocenters. The van der Waals surface area contributed by atoms with Crippen molar-refractivity contribution in [3.8, 4) is 5.75 Å². The van der Waals surface area contributed by atoms with Gasteiger partial charge < -0.3 is 4.74 Å². The Morgan fingerprint density at radius 1 is 1.07 bits per heavy atom. The molecular weight excluding hydrogens is 402 g/mol. The van der Waals surface area contributed by atoms with Crippen molar-refractivity contribution in [2.75, 3.05) is 13.2 Å². The standard InChI is InChI=1S/C21H17Cl2FN2O2/c22-16-3-8-19(20(23)13-16)21(12-15-2-1-9-25-14-15)26-28-11-10-27-18-6-4-17(24)5-7-18/h1-9,12-14,26H,10-11H2. The van der Waals surface area contributed by atoms with Gasteiger partial charge in [0.05, 0.1) is 10.7 Å². The summed E-state index contributed by atoms with van der Waals surface area (Å²) in [7, 11) is 0. The number of benzene rings is 2. The second kappa shape index (κ2) is 10.1. The van der Waals surface area contributed by atoms with Gasteiger partial charge in [-0.05, 0) is 60.2 Å². The van der Waals surface area contributed by atoms with Crippen LogP contribution in [0.5, 0.6) is 5.75 Å². The van der Waals surface area contributed by atoms with Gasteiger partial charge in [0.15, 0.2) is 0 Å². The zero-order chi connectivity index (χ0) is 19.8. The molecule has 2 aromatic carbocycles. The third-order valence-corrected chi connectivity index (χ3v) is 4.21. The molecule has 0 aliphatic heterocycles. The molecule has 0 bridgehead atoms. The number of ether oxygens (including phenoxy) is 1. The summed E-state index contributed by atoms with van der Waals surface area (Å²) in [4.78, 5) is 9.63. The van der Waals surface area contributed by atoms with E-state index < -0.39 is 0 Å². The number of nitrogens with zero attached hydrogens (tertiary/aromatic N) is 1. The number of hydrogen-bond donors (Lipinski definition) is 1. The molecule has 1 N–H and O–H groups in total. The van der Waals surface area contributed by atoms with E-state index in [1.165, 1.54) is 12.1 Å². The molecule has 0 unspecified atom stereocenters. The predicted molar refractivity (Wildman–Crippen MR) is 110 cm³/mol. The van der Waals surface area contributed by atoms with E-state index in [1.54, 1.807) is 42.7 Å². The molecule has 7 heteroatoms. The molecule has 4 nitrogen and oxygen atoms in total.